The Hall–Kier alpha value is -3.09. The summed E-state index contributed by atoms with van der Waals surface area (Å²) in [5.74, 6) is -0.325. The Bertz CT molecular complexity index is 1200. The fourth-order valence-corrected chi connectivity index (χ4v) is 4.70. The third-order valence-corrected chi connectivity index (χ3v) is 6.34. The topological polar surface area (TPSA) is 51.2 Å². The molecule has 1 aliphatic heterocycles. The maximum absolute atomic E-state index is 14.1. The van der Waals surface area contributed by atoms with Crippen LogP contribution in [0.1, 0.15) is 46.3 Å². The molecule has 1 aromatic heterocycles. The Morgan fingerprint density at radius 3 is 2.41 bits per heavy atom. The van der Waals surface area contributed by atoms with E-state index in [1.807, 2.05) is 6.07 Å². The number of aromatic nitrogens is 1. The number of rotatable bonds is 6. The number of halogens is 3. The summed E-state index contributed by atoms with van der Waals surface area (Å²) >= 11 is 0. The molecule has 0 atom stereocenters. The molecular weight excluding hydrogens is 458 g/mol. The molecule has 2 aliphatic rings. The van der Waals surface area contributed by atoms with Gasteiger partial charge in [-0.15, -0.1) is 12.4 Å². The zero-order chi connectivity index (χ0) is 22.8. The molecule has 0 bridgehead atoms. The molecule has 0 amide bonds. The van der Waals surface area contributed by atoms with Crippen molar-refractivity contribution in [3.05, 3.63) is 94.8 Å². The fraction of sp³-hybridized carbons (Fsp3) is 0.259. The minimum absolute atomic E-state index is 0. The van der Waals surface area contributed by atoms with Crippen molar-refractivity contribution in [1.82, 2.24) is 10.3 Å². The number of ketones is 1. The molecule has 1 saturated heterocycles. The number of carbonyl (C=O) groups is 1. The summed E-state index contributed by atoms with van der Waals surface area (Å²) < 4.78 is 34.1. The quantitative estimate of drug-likeness (QED) is 0.489. The van der Waals surface area contributed by atoms with Crippen molar-refractivity contribution < 1.29 is 18.3 Å². The van der Waals surface area contributed by atoms with Crippen LogP contribution in [0, 0.1) is 17.6 Å². The summed E-state index contributed by atoms with van der Waals surface area (Å²) in [7, 11) is 0. The van der Waals surface area contributed by atoms with E-state index in [1.165, 1.54) is 12.1 Å². The number of piperidine rings is 1. The van der Waals surface area contributed by atoms with Gasteiger partial charge in [0.1, 0.15) is 17.4 Å². The van der Waals surface area contributed by atoms with Gasteiger partial charge in [0.2, 0.25) is 0 Å². The van der Waals surface area contributed by atoms with Gasteiger partial charge >= 0.3 is 0 Å². The van der Waals surface area contributed by atoms with Gasteiger partial charge in [-0.2, -0.15) is 0 Å². The van der Waals surface area contributed by atoms with Gasteiger partial charge in [-0.1, -0.05) is 6.07 Å². The second-order valence-electron chi connectivity index (χ2n) is 8.52. The van der Waals surface area contributed by atoms with Crippen LogP contribution in [0.3, 0.4) is 0 Å². The number of carbonyl (C=O) groups excluding carboxylic acids is 1. The number of ether oxygens (including phenoxy) is 1. The van der Waals surface area contributed by atoms with Crippen LogP contribution in [0.5, 0.6) is 5.75 Å². The highest BCUT2D eigenvalue weighted by Gasteiger charge is 2.32. The molecule has 5 rings (SSSR count). The first-order chi connectivity index (χ1) is 16.1. The minimum atomic E-state index is -0.693. The average Bonchev–Trinajstić information content (AvgIpc) is 3.12. The SMILES string of the molecule is Cl.O=C1C(c2cccnc2)=C(c2cc(F)cc(F)c2)c2ccc(OCCC3CCNCC3)cc21. The van der Waals surface area contributed by atoms with Gasteiger partial charge in [-0.25, -0.2) is 8.78 Å². The molecule has 34 heavy (non-hydrogen) atoms. The number of hydrogen-bond donors (Lipinski definition) is 1. The Morgan fingerprint density at radius 1 is 0.941 bits per heavy atom. The van der Waals surface area contributed by atoms with E-state index >= 15 is 0 Å². The molecule has 1 fully saturated rings. The van der Waals surface area contributed by atoms with Crippen LogP contribution in [0.25, 0.3) is 11.1 Å². The monoisotopic (exact) mass is 482 g/mol. The van der Waals surface area contributed by atoms with Gasteiger partial charge in [0.05, 0.1) is 6.61 Å². The van der Waals surface area contributed by atoms with Crippen LogP contribution < -0.4 is 10.1 Å². The maximum Gasteiger partial charge on any atom is 0.195 e. The van der Waals surface area contributed by atoms with Crippen LogP contribution in [-0.4, -0.2) is 30.5 Å². The lowest BCUT2D eigenvalue weighted by Crippen LogP contribution is -2.28. The Kier molecular flexibility index (Phi) is 7.39. The van der Waals surface area contributed by atoms with E-state index in [2.05, 4.69) is 10.3 Å². The Morgan fingerprint density at radius 2 is 1.71 bits per heavy atom. The third kappa shape index (κ3) is 4.88. The minimum Gasteiger partial charge on any atom is -0.494 e. The van der Waals surface area contributed by atoms with Crippen LogP contribution in [-0.2, 0) is 0 Å². The zero-order valence-corrected chi connectivity index (χ0v) is 19.3. The van der Waals surface area contributed by atoms with E-state index in [1.54, 1.807) is 36.7 Å². The van der Waals surface area contributed by atoms with Crippen LogP contribution >= 0.6 is 12.4 Å². The number of allylic oxidation sites excluding steroid dienone is 1. The van der Waals surface area contributed by atoms with Gasteiger partial charge in [-0.3, -0.25) is 9.78 Å². The summed E-state index contributed by atoms with van der Waals surface area (Å²) in [6.07, 6.45) is 6.48. The first-order valence-electron chi connectivity index (χ1n) is 11.2. The van der Waals surface area contributed by atoms with Gasteiger partial charge in [0, 0.05) is 40.7 Å². The molecule has 1 aliphatic carbocycles. The smallest absolute Gasteiger partial charge is 0.195 e. The molecule has 4 nitrogen and oxygen atoms in total. The van der Waals surface area contributed by atoms with Gasteiger partial charge in [-0.05, 0) is 85.8 Å². The van der Waals surface area contributed by atoms with E-state index in [0.29, 0.717) is 51.7 Å². The first-order valence-corrected chi connectivity index (χ1v) is 11.2. The number of benzene rings is 2. The summed E-state index contributed by atoms with van der Waals surface area (Å²) in [6, 6.07) is 12.2. The van der Waals surface area contributed by atoms with E-state index < -0.39 is 11.6 Å². The Labute approximate surface area is 203 Å². The molecule has 0 spiro atoms. The van der Waals surface area contributed by atoms with Crippen molar-refractivity contribution in [1.29, 1.82) is 0 Å². The molecule has 0 radical (unpaired) electrons. The summed E-state index contributed by atoms with van der Waals surface area (Å²) in [5.41, 5.74) is 2.91. The molecule has 2 aromatic carbocycles. The molecule has 0 saturated carbocycles. The van der Waals surface area contributed by atoms with Gasteiger partial charge in [0.25, 0.3) is 0 Å². The standard InChI is InChI=1S/C27H24F2N2O2.ClH/c28-20-12-19(13-21(29)14-20)25-23-4-3-22(33-11-7-17-5-9-30-10-6-17)15-24(23)27(32)26(25)18-2-1-8-31-16-18;/h1-4,8,12-17,30H,5-7,9-11H2;1H. The Balaban J connectivity index is 0.00000274. The molecule has 3 aromatic rings. The van der Waals surface area contributed by atoms with E-state index in [4.69, 9.17) is 4.74 Å². The highest BCUT2D eigenvalue weighted by Crippen LogP contribution is 2.43. The van der Waals surface area contributed by atoms with Crippen LogP contribution in [0.2, 0.25) is 0 Å². The van der Waals surface area contributed by atoms with Crippen molar-refractivity contribution in [3.8, 4) is 5.75 Å². The molecule has 176 valence electrons. The predicted molar refractivity (Wildman–Crippen MR) is 130 cm³/mol. The number of nitrogens with one attached hydrogen (secondary N) is 1. The fourth-order valence-electron chi connectivity index (χ4n) is 4.70. The van der Waals surface area contributed by atoms with E-state index in [0.717, 1.165) is 38.4 Å². The van der Waals surface area contributed by atoms with E-state index in [9.17, 15) is 13.6 Å². The molecule has 2 heterocycles. The molecule has 1 N–H and O–H groups in total. The largest absolute Gasteiger partial charge is 0.494 e. The maximum atomic E-state index is 14.1. The van der Waals surface area contributed by atoms with Crippen molar-refractivity contribution >= 4 is 29.3 Å². The van der Waals surface area contributed by atoms with Crippen molar-refractivity contribution in [2.75, 3.05) is 19.7 Å². The zero-order valence-electron chi connectivity index (χ0n) is 18.5. The molecular formula is C27H25ClF2N2O2. The lowest BCUT2D eigenvalue weighted by molar-refractivity contribution is 0.105. The van der Waals surface area contributed by atoms with E-state index in [-0.39, 0.29) is 18.2 Å². The summed E-state index contributed by atoms with van der Waals surface area (Å²) in [4.78, 5) is 17.6. The van der Waals surface area contributed by atoms with Crippen LogP contribution in [0.15, 0.2) is 60.9 Å². The van der Waals surface area contributed by atoms with Crippen molar-refractivity contribution in [2.24, 2.45) is 5.92 Å². The number of hydrogen-bond acceptors (Lipinski definition) is 4. The van der Waals surface area contributed by atoms with Gasteiger partial charge < -0.3 is 10.1 Å². The molecule has 7 heteroatoms. The van der Waals surface area contributed by atoms with Crippen molar-refractivity contribution in [3.63, 3.8) is 0 Å². The first kappa shape index (κ1) is 24.0. The number of fused-ring (bicyclic) bond motifs is 1. The third-order valence-electron chi connectivity index (χ3n) is 6.34. The highest BCUT2D eigenvalue weighted by atomic mass is 35.5. The average molecular weight is 483 g/mol. The summed E-state index contributed by atoms with van der Waals surface area (Å²) in [5, 5.41) is 3.36. The normalized spacial score (nSPS) is 15.8. The second-order valence-corrected chi connectivity index (χ2v) is 8.52. The highest BCUT2D eigenvalue weighted by molar-refractivity contribution is 6.41. The van der Waals surface area contributed by atoms with Crippen molar-refractivity contribution in [2.45, 2.75) is 19.3 Å². The predicted octanol–water partition coefficient (Wildman–Crippen LogP) is 5.71. The van der Waals surface area contributed by atoms with Crippen LogP contribution in [0.4, 0.5) is 8.78 Å². The second kappa shape index (κ2) is 10.5. The number of Topliss-reactive ketones (excluding diaryl/α,β-unsaturated/α-hetero) is 1. The molecule has 0 unspecified atom stereocenters. The van der Waals surface area contributed by atoms with Gasteiger partial charge in [0.15, 0.2) is 5.78 Å². The number of pyridine rings is 1. The number of nitrogens with zero attached hydrogens (tertiary/aromatic N) is 1. The lowest BCUT2D eigenvalue weighted by Gasteiger charge is -2.22. The summed E-state index contributed by atoms with van der Waals surface area (Å²) in [6.45, 7) is 2.68. The lowest BCUT2D eigenvalue weighted by atomic mass is 9.94.